The second-order valence-electron chi connectivity index (χ2n) is 5.05. The minimum Gasteiger partial charge on any atom is -0.277 e. The van der Waals surface area contributed by atoms with Crippen LogP contribution in [-0.4, -0.2) is 9.38 Å². The van der Waals surface area contributed by atoms with E-state index in [2.05, 4.69) is 9.83 Å². The van der Waals surface area contributed by atoms with Crippen LogP contribution in [0.3, 0.4) is 0 Å². The van der Waals surface area contributed by atoms with Gasteiger partial charge in [-0.3, -0.25) is 9.20 Å². The van der Waals surface area contributed by atoms with Crippen LogP contribution >= 0.6 is 0 Å². The van der Waals surface area contributed by atoms with Crippen molar-refractivity contribution in [1.82, 2.24) is 9.38 Å². The Morgan fingerprint density at radius 3 is 2.67 bits per heavy atom. The van der Waals surface area contributed by atoms with Crippen LogP contribution in [0.2, 0.25) is 0 Å². The summed E-state index contributed by atoms with van der Waals surface area (Å²) in [7, 11) is 0. The molecule has 0 bridgehead atoms. The molecule has 0 aliphatic heterocycles. The normalized spacial score (nSPS) is 11.5. The van der Waals surface area contributed by atoms with Crippen molar-refractivity contribution >= 4 is 11.3 Å². The Balaban J connectivity index is 2.95. The molecule has 0 atom stereocenters. The zero-order valence-corrected chi connectivity index (χ0v) is 10.4. The molecule has 0 amide bonds. The third kappa shape index (κ3) is 1.86. The van der Waals surface area contributed by atoms with Crippen molar-refractivity contribution in [3.05, 3.63) is 51.6 Å². The largest absolute Gasteiger partial charge is 0.277 e. The molecule has 0 aromatic carbocycles. The molecule has 4 nitrogen and oxygen atoms in total. The van der Waals surface area contributed by atoms with Crippen molar-refractivity contribution in [2.24, 2.45) is 0 Å². The minimum atomic E-state index is -0.664. The number of hydrogen-bond acceptors (Lipinski definition) is 2. The van der Waals surface area contributed by atoms with E-state index in [0.717, 1.165) is 6.07 Å². The van der Waals surface area contributed by atoms with Gasteiger partial charge in [0.25, 0.3) is 11.2 Å². The van der Waals surface area contributed by atoms with Crippen LogP contribution in [0.4, 0.5) is 10.1 Å². The fourth-order valence-electron chi connectivity index (χ4n) is 1.62. The van der Waals surface area contributed by atoms with E-state index in [1.807, 2.05) is 20.8 Å². The smallest absolute Gasteiger partial charge is 0.263 e. The van der Waals surface area contributed by atoms with Gasteiger partial charge in [0.1, 0.15) is 11.5 Å². The van der Waals surface area contributed by atoms with Crippen molar-refractivity contribution in [2.75, 3.05) is 0 Å². The van der Waals surface area contributed by atoms with E-state index in [0.29, 0.717) is 5.69 Å². The average Bonchev–Trinajstić information content (AvgIpc) is 2.27. The van der Waals surface area contributed by atoms with Crippen molar-refractivity contribution in [3.8, 4) is 0 Å². The molecule has 92 valence electrons. The van der Waals surface area contributed by atoms with Gasteiger partial charge >= 0.3 is 0 Å². The second-order valence-corrected chi connectivity index (χ2v) is 5.05. The highest BCUT2D eigenvalue weighted by atomic mass is 19.1. The first-order valence-corrected chi connectivity index (χ1v) is 5.44. The van der Waals surface area contributed by atoms with E-state index >= 15 is 0 Å². The molecular weight excluding hydrogens is 233 g/mol. The monoisotopic (exact) mass is 245 g/mol. The molecule has 0 unspecified atom stereocenters. The molecule has 2 rings (SSSR count). The van der Waals surface area contributed by atoms with Crippen LogP contribution in [0, 0.1) is 12.4 Å². The summed E-state index contributed by atoms with van der Waals surface area (Å²) in [4.78, 5) is 19.3. The molecule has 0 N–H and O–H groups in total. The predicted octanol–water partition coefficient (Wildman–Crippen LogP) is 2.68. The summed E-state index contributed by atoms with van der Waals surface area (Å²) in [6, 6.07) is 2.51. The quantitative estimate of drug-likeness (QED) is 0.669. The minimum absolute atomic E-state index is 0.0717. The first kappa shape index (κ1) is 12.2. The number of hydrogen-bond donors (Lipinski definition) is 0. The molecule has 2 heterocycles. The Bertz CT molecular complexity index is 720. The highest BCUT2D eigenvalue weighted by molar-refractivity contribution is 5.69. The molecule has 0 radical (unpaired) electrons. The molecule has 2 aromatic rings. The molecule has 18 heavy (non-hydrogen) atoms. The summed E-state index contributed by atoms with van der Waals surface area (Å²) in [5, 5.41) is 0. The van der Waals surface area contributed by atoms with Gasteiger partial charge in [-0.15, -0.1) is 0 Å². The predicted molar refractivity (Wildman–Crippen MR) is 66.4 cm³/mol. The summed E-state index contributed by atoms with van der Waals surface area (Å²) in [5.74, 6) is -0.664. The van der Waals surface area contributed by atoms with Crippen LogP contribution in [0.5, 0.6) is 0 Å². The van der Waals surface area contributed by atoms with Crippen molar-refractivity contribution in [2.45, 2.75) is 26.2 Å². The number of pyridine rings is 1. The van der Waals surface area contributed by atoms with Crippen LogP contribution in [0.15, 0.2) is 23.1 Å². The maximum absolute atomic E-state index is 13.5. The molecule has 2 aromatic heterocycles. The lowest BCUT2D eigenvalue weighted by Crippen LogP contribution is -2.22. The number of nitrogens with zero attached hydrogens (tertiary/aromatic N) is 3. The lowest BCUT2D eigenvalue weighted by atomic mass is 9.92. The molecule has 0 aliphatic rings. The van der Waals surface area contributed by atoms with Crippen LogP contribution in [0.25, 0.3) is 10.5 Å². The molecule has 0 saturated carbocycles. The van der Waals surface area contributed by atoms with Gasteiger partial charge in [0, 0.05) is 17.7 Å². The number of fused-ring (bicyclic) bond motifs is 1. The molecule has 0 fully saturated rings. The summed E-state index contributed by atoms with van der Waals surface area (Å²) < 4.78 is 14.7. The van der Waals surface area contributed by atoms with Gasteiger partial charge in [0.2, 0.25) is 0 Å². The van der Waals surface area contributed by atoms with Gasteiger partial charge in [0.05, 0.1) is 12.3 Å². The maximum atomic E-state index is 13.5. The third-order valence-corrected chi connectivity index (χ3v) is 2.64. The van der Waals surface area contributed by atoms with Gasteiger partial charge in [-0.2, -0.15) is 0 Å². The fourth-order valence-corrected chi connectivity index (χ4v) is 1.62. The third-order valence-electron chi connectivity index (χ3n) is 2.64. The fraction of sp³-hybridized carbons (Fsp3) is 0.308. The van der Waals surface area contributed by atoms with E-state index in [1.54, 1.807) is 0 Å². The first-order chi connectivity index (χ1) is 8.34. The second kappa shape index (κ2) is 3.91. The Morgan fingerprint density at radius 1 is 1.44 bits per heavy atom. The highest BCUT2D eigenvalue weighted by Crippen LogP contribution is 2.25. The van der Waals surface area contributed by atoms with Gasteiger partial charge in [-0.25, -0.2) is 14.2 Å². The standard InChI is InChI=1S/C13H12FN3O/c1-13(2,3)9-7-10(18)17-6-5-8(14)11(15-4)12(17)16-9/h5-7H,1-3H3. The van der Waals surface area contributed by atoms with Crippen LogP contribution in [-0.2, 0) is 5.41 Å². The lowest BCUT2D eigenvalue weighted by Gasteiger charge is -2.18. The molecule has 5 heteroatoms. The Hall–Kier alpha value is -2.22. The van der Waals surface area contributed by atoms with Crippen LogP contribution in [0.1, 0.15) is 26.5 Å². The number of rotatable bonds is 0. The zero-order chi connectivity index (χ0) is 13.5. The van der Waals surface area contributed by atoms with E-state index < -0.39 is 5.82 Å². The Kier molecular flexibility index (Phi) is 2.66. The Morgan fingerprint density at radius 2 is 2.11 bits per heavy atom. The lowest BCUT2D eigenvalue weighted by molar-refractivity contribution is 0.567. The molecule has 0 saturated heterocycles. The molecule has 0 aliphatic carbocycles. The summed E-state index contributed by atoms with van der Waals surface area (Å²) in [5.41, 5.74) is -0.250. The topological polar surface area (TPSA) is 38.7 Å². The van der Waals surface area contributed by atoms with Gasteiger partial charge in [-0.05, 0) is 6.07 Å². The first-order valence-electron chi connectivity index (χ1n) is 5.44. The van der Waals surface area contributed by atoms with E-state index in [-0.39, 0.29) is 22.3 Å². The molecular formula is C13H12FN3O. The van der Waals surface area contributed by atoms with E-state index in [1.165, 1.54) is 16.7 Å². The van der Waals surface area contributed by atoms with Crippen molar-refractivity contribution in [3.63, 3.8) is 0 Å². The van der Waals surface area contributed by atoms with Crippen molar-refractivity contribution < 1.29 is 4.39 Å². The summed E-state index contributed by atoms with van der Waals surface area (Å²) >= 11 is 0. The number of aromatic nitrogens is 2. The van der Waals surface area contributed by atoms with E-state index in [9.17, 15) is 9.18 Å². The summed E-state index contributed by atoms with van der Waals surface area (Å²) in [6.45, 7) is 12.7. The summed E-state index contributed by atoms with van der Waals surface area (Å²) in [6.07, 6.45) is 1.29. The molecule has 0 spiro atoms. The van der Waals surface area contributed by atoms with E-state index in [4.69, 9.17) is 6.57 Å². The van der Waals surface area contributed by atoms with Gasteiger partial charge < -0.3 is 0 Å². The number of halogens is 1. The van der Waals surface area contributed by atoms with Crippen molar-refractivity contribution in [1.29, 1.82) is 0 Å². The average molecular weight is 245 g/mol. The Labute approximate surface area is 104 Å². The SMILES string of the molecule is [C-]#[N+]c1c(F)ccn2c(=O)cc(C(C)(C)C)nc12. The zero-order valence-electron chi connectivity index (χ0n) is 10.4. The highest BCUT2D eigenvalue weighted by Gasteiger charge is 2.19. The van der Waals surface area contributed by atoms with Gasteiger partial charge in [-0.1, -0.05) is 20.8 Å². The van der Waals surface area contributed by atoms with Crippen LogP contribution < -0.4 is 5.56 Å². The van der Waals surface area contributed by atoms with Gasteiger partial charge in [0.15, 0.2) is 0 Å². The maximum Gasteiger partial charge on any atom is 0.263 e.